The Balaban J connectivity index is 1.47. The van der Waals surface area contributed by atoms with Crippen LogP contribution in [0.4, 0.5) is 13.2 Å². The summed E-state index contributed by atoms with van der Waals surface area (Å²) >= 11 is 5.75. The van der Waals surface area contributed by atoms with Crippen LogP contribution in [-0.4, -0.2) is 53.8 Å². The maximum absolute atomic E-state index is 13.9. The topological polar surface area (TPSA) is 93.3 Å². The van der Waals surface area contributed by atoms with Crippen molar-refractivity contribution in [2.24, 2.45) is 0 Å². The van der Waals surface area contributed by atoms with Gasteiger partial charge in [0.05, 0.1) is 47.1 Å². The van der Waals surface area contributed by atoms with Crippen molar-refractivity contribution in [1.82, 2.24) is 29.4 Å². The van der Waals surface area contributed by atoms with Gasteiger partial charge in [-0.15, -0.1) is 0 Å². The van der Waals surface area contributed by atoms with E-state index < -0.39 is 28.7 Å². The van der Waals surface area contributed by atoms with E-state index in [4.69, 9.17) is 16.7 Å². The van der Waals surface area contributed by atoms with Crippen LogP contribution in [-0.2, 0) is 19.1 Å². The highest BCUT2D eigenvalue weighted by Gasteiger charge is 2.41. The minimum atomic E-state index is -4.71. The van der Waals surface area contributed by atoms with Crippen molar-refractivity contribution in [3.63, 3.8) is 0 Å². The first-order valence-electron chi connectivity index (χ1n) is 13.4. The first kappa shape index (κ1) is 28.8. The van der Waals surface area contributed by atoms with E-state index in [1.54, 1.807) is 22.7 Å². The molecule has 0 fully saturated rings. The molecule has 2 aliphatic rings. The maximum atomic E-state index is 13.9. The van der Waals surface area contributed by atoms with Gasteiger partial charge < -0.3 is 9.80 Å². The van der Waals surface area contributed by atoms with E-state index in [1.807, 2.05) is 27.7 Å². The fourth-order valence-corrected chi connectivity index (χ4v) is 5.79. The second-order valence-electron chi connectivity index (χ2n) is 11.0. The zero-order valence-electron chi connectivity index (χ0n) is 23.2. The van der Waals surface area contributed by atoms with Crippen molar-refractivity contribution in [2.45, 2.75) is 77.9 Å². The predicted molar refractivity (Wildman–Crippen MR) is 145 cm³/mol. The highest BCUT2D eigenvalue weighted by molar-refractivity contribution is 6.31. The molecule has 2 amide bonds. The summed E-state index contributed by atoms with van der Waals surface area (Å²) in [5.41, 5.74) is 0.708. The first-order chi connectivity index (χ1) is 19.2. The molecular weight excluding hydrogens is 561 g/mol. The van der Waals surface area contributed by atoms with E-state index in [2.05, 4.69) is 5.10 Å². The first-order valence-corrected chi connectivity index (χ1v) is 13.7. The van der Waals surface area contributed by atoms with Gasteiger partial charge in [0, 0.05) is 36.2 Å². The quantitative estimate of drug-likeness (QED) is 0.424. The molecule has 0 radical (unpaired) electrons. The van der Waals surface area contributed by atoms with Gasteiger partial charge in [0.2, 0.25) is 0 Å². The number of halogens is 4. The molecule has 0 bridgehead atoms. The lowest BCUT2D eigenvalue weighted by atomic mass is 9.96. The number of hydrogen-bond acceptors (Lipinski definition) is 5. The molecule has 13 heteroatoms. The Morgan fingerprint density at radius 3 is 2.44 bits per heavy atom. The second kappa shape index (κ2) is 10.3. The number of aromatic nitrogens is 4. The van der Waals surface area contributed by atoms with Crippen LogP contribution in [0.15, 0.2) is 35.3 Å². The van der Waals surface area contributed by atoms with Crippen molar-refractivity contribution in [2.75, 3.05) is 6.54 Å². The summed E-state index contributed by atoms with van der Waals surface area (Å²) in [7, 11) is 0. The van der Waals surface area contributed by atoms with Gasteiger partial charge in [-0.2, -0.15) is 23.4 Å². The lowest BCUT2D eigenvalue weighted by Crippen LogP contribution is -2.46. The molecule has 41 heavy (non-hydrogen) atoms. The molecule has 4 heterocycles. The van der Waals surface area contributed by atoms with Gasteiger partial charge in [0.1, 0.15) is 5.69 Å². The molecule has 3 atom stereocenters. The van der Waals surface area contributed by atoms with Crippen LogP contribution < -0.4 is 5.56 Å². The summed E-state index contributed by atoms with van der Waals surface area (Å²) < 4.78 is 43.4. The van der Waals surface area contributed by atoms with E-state index in [0.717, 1.165) is 12.1 Å². The Morgan fingerprint density at radius 1 is 1.10 bits per heavy atom. The van der Waals surface area contributed by atoms with Crippen LogP contribution in [0.2, 0.25) is 5.02 Å². The highest BCUT2D eigenvalue weighted by atomic mass is 35.5. The Bertz CT molecular complexity index is 1600. The van der Waals surface area contributed by atoms with Crippen molar-refractivity contribution in [3.8, 4) is 0 Å². The van der Waals surface area contributed by atoms with Gasteiger partial charge in [-0.3, -0.25) is 19.1 Å². The van der Waals surface area contributed by atoms with Gasteiger partial charge in [0.25, 0.3) is 17.4 Å². The van der Waals surface area contributed by atoms with Crippen molar-refractivity contribution in [1.29, 1.82) is 0 Å². The van der Waals surface area contributed by atoms with Gasteiger partial charge in [-0.25, -0.2) is 4.68 Å². The Morgan fingerprint density at radius 2 is 1.80 bits per heavy atom. The zero-order valence-corrected chi connectivity index (χ0v) is 24.0. The van der Waals surface area contributed by atoms with E-state index in [9.17, 15) is 27.6 Å². The Kier molecular flexibility index (Phi) is 7.25. The van der Waals surface area contributed by atoms with Gasteiger partial charge in [-0.1, -0.05) is 11.6 Å². The molecule has 3 aromatic rings. The monoisotopic (exact) mass is 590 g/mol. The molecule has 2 aliphatic heterocycles. The van der Waals surface area contributed by atoms with Crippen LogP contribution in [0.5, 0.6) is 0 Å². The molecule has 0 spiro atoms. The maximum Gasteiger partial charge on any atom is 0.417 e. The smallest absolute Gasteiger partial charge is 0.331 e. The molecule has 0 saturated heterocycles. The number of fused-ring (bicyclic) bond motifs is 3. The summed E-state index contributed by atoms with van der Waals surface area (Å²) in [5, 5.41) is 8.48. The standard InChI is InChI=1S/C28H30ClF3N6O3/c1-14(2)37-24(39)10-19(11-33-37)17(5)36-12-16(4)38-25(27(36)41)20-13-35(15(3)8-23(20)34-38)26(40)18-6-7-22(29)21(9-18)28(30,31)32/h6-7,9-11,14-17H,8,12-13H2,1-5H3/t15-,16-,17+/m1/s1. The molecular formula is C28H30ClF3N6O3. The third-order valence-electron chi connectivity index (χ3n) is 7.85. The fourth-order valence-electron chi connectivity index (χ4n) is 5.56. The summed E-state index contributed by atoms with van der Waals surface area (Å²) in [6.45, 7) is 9.64. The van der Waals surface area contributed by atoms with Crippen LogP contribution >= 0.6 is 11.6 Å². The van der Waals surface area contributed by atoms with Gasteiger partial charge in [-0.05, 0) is 58.4 Å². The number of carbonyl (C=O) groups is 2. The fraction of sp³-hybridized carbons (Fsp3) is 0.464. The summed E-state index contributed by atoms with van der Waals surface area (Å²) in [6.07, 6.45) is -2.78. The third-order valence-corrected chi connectivity index (χ3v) is 8.18. The summed E-state index contributed by atoms with van der Waals surface area (Å²) in [5.74, 6) is -0.895. The van der Waals surface area contributed by atoms with Gasteiger partial charge >= 0.3 is 6.18 Å². The molecule has 0 aliphatic carbocycles. The molecule has 2 aromatic heterocycles. The SMILES string of the molecule is CC(C)n1ncc([C@H](C)N2C[C@@H](C)n3nc4c(c3C2=O)CN(C(=O)c2ccc(Cl)c(C(F)(F)F)c2)[C@H](C)C4)cc1=O. The summed E-state index contributed by atoms with van der Waals surface area (Å²) in [4.78, 5) is 43.1. The van der Waals surface area contributed by atoms with Crippen molar-refractivity contribution >= 4 is 23.4 Å². The number of amides is 2. The number of nitrogens with zero attached hydrogens (tertiary/aromatic N) is 6. The predicted octanol–water partition coefficient (Wildman–Crippen LogP) is 5.06. The largest absolute Gasteiger partial charge is 0.417 e. The average molecular weight is 591 g/mol. The molecule has 0 N–H and O–H groups in total. The molecule has 0 unspecified atom stereocenters. The highest BCUT2D eigenvalue weighted by Crippen LogP contribution is 2.37. The van der Waals surface area contributed by atoms with Crippen molar-refractivity contribution < 1.29 is 22.8 Å². The Labute approximate surface area is 239 Å². The molecule has 218 valence electrons. The normalized spacial score (nSPS) is 19.8. The van der Waals surface area contributed by atoms with Crippen LogP contribution in [0.1, 0.15) is 96.0 Å². The summed E-state index contributed by atoms with van der Waals surface area (Å²) in [6, 6.07) is 3.47. The number of rotatable bonds is 4. The number of hydrogen-bond donors (Lipinski definition) is 0. The molecule has 0 saturated carbocycles. The van der Waals surface area contributed by atoms with E-state index >= 15 is 0 Å². The number of carbonyl (C=O) groups excluding carboxylic acids is 2. The van der Waals surface area contributed by atoms with Crippen LogP contribution in [0.25, 0.3) is 0 Å². The lowest BCUT2D eigenvalue weighted by Gasteiger charge is -2.37. The Hall–Kier alpha value is -3.67. The molecule has 5 rings (SSSR count). The average Bonchev–Trinajstić information content (AvgIpc) is 3.28. The minimum absolute atomic E-state index is 0.0152. The second-order valence-corrected chi connectivity index (χ2v) is 11.5. The zero-order chi connectivity index (χ0) is 30.0. The third kappa shape index (κ3) is 5.02. The van der Waals surface area contributed by atoms with Crippen LogP contribution in [0.3, 0.4) is 0 Å². The number of alkyl halides is 3. The van der Waals surface area contributed by atoms with E-state index in [0.29, 0.717) is 35.5 Å². The van der Waals surface area contributed by atoms with E-state index in [1.165, 1.54) is 21.7 Å². The number of benzene rings is 1. The van der Waals surface area contributed by atoms with E-state index in [-0.39, 0.29) is 41.7 Å². The molecule has 9 nitrogen and oxygen atoms in total. The lowest BCUT2D eigenvalue weighted by molar-refractivity contribution is -0.137. The van der Waals surface area contributed by atoms with Crippen LogP contribution in [0, 0.1) is 0 Å². The van der Waals surface area contributed by atoms with Gasteiger partial charge in [0.15, 0.2) is 0 Å². The molecule has 1 aromatic carbocycles. The minimum Gasteiger partial charge on any atom is -0.331 e. The van der Waals surface area contributed by atoms with Crippen molar-refractivity contribution in [3.05, 3.63) is 79.5 Å².